The van der Waals surface area contributed by atoms with Gasteiger partial charge in [0.05, 0.1) is 16.1 Å². The first-order valence-electron chi connectivity index (χ1n) is 19.2. The molecule has 6 heteroatoms. The zero-order valence-corrected chi connectivity index (χ0v) is 41.3. The molecule has 2 aromatic carbocycles. The van der Waals surface area contributed by atoms with Crippen LogP contribution in [-0.2, 0) is 12.8 Å². The topological polar surface area (TPSA) is 0 Å². The summed E-state index contributed by atoms with van der Waals surface area (Å²) in [4.78, 5) is 0. The molecule has 0 bridgehead atoms. The molecule has 0 fully saturated rings. The van der Waals surface area contributed by atoms with Gasteiger partial charge in [-0.25, -0.2) is 0 Å². The van der Waals surface area contributed by atoms with Crippen molar-refractivity contribution in [3.8, 4) is 0 Å². The van der Waals surface area contributed by atoms with Gasteiger partial charge in [0.15, 0.2) is 0 Å². The van der Waals surface area contributed by atoms with Crippen LogP contribution in [0.2, 0.25) is 39.3 Å². The number of benzene rings is 2. The zero-order chi connectivity index (χ0) is 34.8. The van der Waals surface area contributed by atoms with Gasteiger partial charge in [0.1, 0.15) is 0 Å². The zero-order valence-electron chi connectivity index (χ0n) is 33.2. The number of hydrogen-bond acceptors (Lipinski definition) is 0. The van der Waals surface area contributed by atoms with Crippen LogP contribution in [0.3, 0.4) is 0 Å². The summed E-state index contributed by atoms with van der Waals surface area (Å²) in [5.41, 5.74) is 3.22. The molecule has 0 nitrogen and oxygen atoms in total. The summed E-state index contributed by atoms with van der Waals surface area (Å²) in [5.74, 6) is 0. The minimum Gasteiger partial charge on any atom is -1.00 e. The van der Waals surface area contributed by atoms with Crippen LogP contribution < -0.4 is 27.4 Å². The fourth-order valence-corrected chi connectivity index (χ4v) is 9.60. The minimum atomic E-state index is -1.23. The molecule has 0 N–H and O–H groups in total. The number of halogens is 3. The van der Waals surface area contributed by atoms with Crippen molar-refractivity contribution in [3.63, 3.8) is 0 Å². The van der Waals surface area contributed by atoms with E-state index in [1.165, 1.54) is 127 Å². The van der Waals surface area contributed by atoms with Gasteiger partial charge in [-0.2, -0.15) is 6.42 Å². The van der Waals surface area contributed by atoms with Crippen LogP contribution >= 0.6 is 31.9 Å². The standard InChI is InChI=1S/C25H46Si.C9H12Br2Si.C8H17.CH4.BrH.Mg/c1-6-8-10-12-14-16-18-23-20-24(19-17-15-13-11-9-7-2)22-25(21-23)26(3,4)5;1-12(2,3)9-5-7(10)4-8(11)6-9;1-3-5-7-8-6-4-2;;;/h20-22H,6-19H2,1-5H3;4-6H,1-3H3;1,3-8H2,2H3;1H4;1H;/q;;-1;;;+2/p-1. The third kappa shape index (κ3) is 32.2. The van der Waals surface area contributed by atoms with Crippen LogP contribution in [0.15, 0.2) is 45.3 Å². The van der Waals surface area contributed by atoms with Crippen molar-refractivity contribution < 1.29 is 17.0 Å². The quantitative estimate of drug-likeness (QED) is 0.0665. The first-order chi connectivity index (χ1) is 21.8. The Kier molecular flexibility index (Phi) is 40.4. The van der Waals surface area contributed by atoms with E-state index in [1.807, 2.05) is 0 Å². The van der Waals surface area contributed by atoms with Crippen LogP contribution in [0.4, 0.5) is 0 Å². The predicted molar refractivity (Wildman–Crippen MR) is 240 cm³/mol. The fourth-order valence-electron chi connectivity index (χ4n) is 5.47. The molecule has 0 aromatic heterocycles. The molecule has 0 unspecified atom stereocenters. The summed E-state index contributed by atoms with van der Waals surface area (Å²) >= 11 is 7.00. The molecule has 0 spiro atoms. The molecule has 0 aliphatic carbocycles. The van der Waals surface area contributed by atoms with Crippen molar-refractivity contribution in [2.75, 3.05) is 0 Å². The molecular formula is C43H79Br3MgSi2. The van der Waals surface area contributed by atoms with E-state index in [9.17, 15) is 0 Å². The third-order valence-electron chi connectivity index (χ3n) is 8.64. The van der Waals surface area contributed by atoms with E-state index in [0.29, 0.717) is 0 Å². The average molecular weight is 916 g/mol. The largest absolute Gasteiger partial charge is 2.00 e. The Morgan fingerprint density at radius 2 is 0.776 bits per heavy atom. The summed E-state index contributed by atoms with van der Waals surface area (Å²) in [6.45, 7) is 25.1. The molecular weight excluding hydrogens is 837 g/mol. The van der Waals surface area contributed by atoms with E-state index in [0.717, 1.165) is 15.4 Å². The molecule has 0 amide bonds. The minimum absolute atomic E-state index is 0. The van der Waals surface area contributed by atoms with Gasteiger partial charge in [-0.15, -0.1) is 0 Å². The Bertz CT molecular complexity index is 955. The molecule has 282 valence electrons. The van der Waals surface area contributed by atoms with Gasteiger partial charge >= 0.3 is 23.1 Å². The summed E-state index contributed by atoms with van der Waals surface area (Å²) in [6, 6.07) is 14.1. The van der Waals surface area contributed by atoms with Gasteiger partial charge in [-0.05, 0) is 55.0 Å². The molecule has 0 aliphatic heterocycles. The summed E-state index contributed by atoms with van der Waals surface area (Å²) in [6.07, 6.45) is 27.3. The number of aryl methyl sites for hydroxylation is 2. The van der Waals surface area contributed by atoms with Gasteiger partial charge < -0.3 is 23.9 Å². The van der Waals surface area contributed by atoms with Gasteiger partial charge in [-0.3, -0.25) is 0 Å². The SMILES string of the molecule is C.CCCCCCCCc1cc(CCCCCCCC)cc([Si](C)(C)C)c1.C[Si](C)(C)c1cc(Br)cc(Br)c1.[Br-].[CH2-]CCCCCCC.[Mg+2]. The second-order valence-electron chi connectivity index (χ2n) is 15.5. The van der Waals surface area contributed by atoms with Crippen molar-refractivity contribution in [3.05, 3.63) is 63.4 Å². The first kappa shape index (κ1) is 56.8. The molecule has 0 heterocycles. The maximum Gasteiger partial charge on any atom is 2.00 e. The van der Waals surface area contributed by atoms with Crippen LogP contribution in [0.5, 0.6) is 0 Å². The monoisotopic (exact) mass is 912 g/mol. The summed E-state index contributed by atoms with van der Waals surface area (Å²) in [5, 5.41) is 3.14. The fraction of sp³-hybridized carbons (Fsp3) is 0.698. The molecule has 0 saturated carbocycles. The maximum atomic E-state index is 3.78. The average Bonchev–Trinajstić information content (AvgIpc) is 2.98. The van der Waals surface area contributed by atoms with E-state index in [-0.39, 0.29) is 47.5 Å². The Hall–Kier alpha value is 1.08. The van der Waals surface area contributed by atoms with Gasteiger partial charge in [0.2, 0.25) is 0 Å². The van der Waals surface area contributed by atoms with E-state index in [1.54, 1.807) is 16.3 Å². The molecule has 2 aromatic rings. The second-order valence-corrected chi connectivity index (χ2v) is 27.5. The number of hydrogen-bond donors (Lipinski definition) is 0. The van der Waals surface area contributed by atoms with Crippen molar-refractivity contribution >= 4 is 81.4 Å². The third-order valence-corrected chi connectivity index (χ3v) is 13.6. The maximum absolute atomic E-state index is 3.78. The Morgan fingerprint density at radius 3 is 1.10 bits per heavy atom. The van der Waals surface area contributed by atoms with Crippen LogP contribution in [0, 0.1) is 6.92 Å². The Morgan fingerprint density at radius 1 is 0.469 bits per heavy atom. The summed E-state index contributed by atoms with van der Waals surface area (Å²) < 4.78 is 2.32. The van der Waals surface area contributed by atoms with Crippen LogP contribution in [0.1, 0.15) is 155 Å². The molecule has 2 rings (SSSR count). The van der Waals surface area contributed by atoms with E-state index >= 15 is 0 Å². The molecule has 49 heavy (non-hydrogen) atoms. The van der Waals surface area contributed by atoms with Gasteiger partial charge in [0, 0.05) is 8.95 Å². The molecule has 0 radical (unpaired) electrons. The van der Waals surface area contributed by atoms with Crippen molar-refractivity contribution in [1.29, 1.82) is 0 Å². The second kappa shape index (κ2) is 34.8. The predicted octanol–water partition coefficient (Wildman–Crippen LogP) is 12.2. The van der Waals surface area contributed by atoms with E-state index in [4.69, 9.17) is 0 Å². The van der Waals surface area contributed by atoms with Crippen molar-refractivity contribution in [2.45, 2.75) is 196 Å². The van der Waals surface area contributed by atoms with Crippen molar-refractivity contribution in [1.82, 2.24) is 0 Å². The summed E-state index contributed by atoms with van der Waals surface area (Å²) in [7, 11) is -2.38. The van der Waals surface area contributed by atoms with Gasteiger partial charge in [-0.1, -0.05) is 224 Å². The number of rotatable bonds is 21. The van der Waals surface area contributed by atoms with Gasteiger partial charge in [0.25, 0.3) is 0 Å². The van der Waals surface area contributed by atoms with E-state index in [2.05, 4.69) is 135 Å². The first-order valence-corrected chi connectivity index (χ1v) is 27.8. The Balaban J connectivity index is -0.000000366. The Labute approximate surface area is 354 Å². The molecule has 0 aliphatic rings. The molecule has 0 saturated heterocycles. The van der Waals surface area contributed by atoms with E-state index < -0.39 is 16.1 Å². The van der Waals surface area contributed by atoms with Crippen molar-refractivity contribution in [2.24, 2.45) is 0 Å². The van der Waals surface area contributed by atoms with Crippen LogP contribution in [0.25, 0.3) is 0 Å². The smallest absolute Gasteiger partial charge is 1.00 e. The normalized spacial score (nSPS) is 10.8. The number of unbranched alkanes of at least 4 members (excludes halogenated alkanes) is 15. The molecule has 0 atom stereocenters. The van der Waals surface area contributed by atoms with Crippen LogP contribution in [-0.4, -0.2) is 39.2 Å².